The maximum atomic E-state index is 11.9. The van der Waals surface area contributed by atoms with Gasteiger partial charge in [0.15, 0.2) is 11.6 Å². The predicted molar refractivity (Wildman–Crippen MR) is 76.8 cm³/mol. The summed E-state index contributed by atoms with van der Waals surface area (Å²) in [5.74, 6) is 0.0780. The van der Waals surface area contributed by atoms with Gasteiger partial charge in [-0.3, -0.25) is 9.59 Å². The van der Waals surface area contributed by atoms with Gasteiger partial charge in [-0.1, -0.05) is 38.2 Å². The van der Waals surface area contributed by atoms with Crippen molar-refractivity contribution in [1.82, 2.24) is 0 Å². The van der Waals surface area contributed by atoms with E-state index in [1.807, 2.05) is 24.3 Å². The second kappa shape index (κ2) is 3.26. The molecular formula is C18H14O2. The molecule has 0 bridgehead atoms. The number of allylic oxidation sites excluding steroid dienone is 12. The van der Waals surface area contributed by atoms with Crippen LogP contribution < -0.4 is 0 Å². The van der Waals surface area contributed by atoms with Gasteiger partial charge in [0.2, 0.25) is 0 Å². The van der Waals surface area contributed by atoms with Crippen molar-refractivity contribution in [3.05, 3.63) is 70.9 Å². The van der Waals surface area contributed by atoms with Gasteiger partial charge in [-0.2, -0.15) is 0 Å². The average molecular weight is 262 g/mol. The first-order valence-electron chi connectivity index (χ1n) is 6.79. The zero-order chi connectivity index (χ0) is 14.1. The number of carbonyl (C=O) groups is 2. The van der Waals surface area contributed by atoms with Crippen LogP contribution in [-0.4, -0.2) is 11.6 Å². The standard InChI is InChI=1S/C18H14O2/c1-17-11-3-5-13-9-16(20)10-14(18(13,17)2)6-4-12(17)8-15(19)7-11/h3-10H,1-2H3. The zero-order valence-corrected chi connectivity index (χ0v) is 11.4. The lowest BCUT2D eigenvalue weighted by Gasteiger charge is -2.56. The molecule has 0 aromatic heterocycles. The largest absolute Gasteiger partial charge is 0.290 e. The van der Waals surface area contributed by atoms with Gasteiger partial charge in [0.25, 0.3) is 0 Å². The predicted octanol–water partition coefficient (Wildman–Crippen LogP) is 3.01. The van der Waals surface area contributed by atoms with Gasteiger partial charge in [-0.05, 0) is 46.6 Å². The Morgan fingerprint density at radius 2 is 0.850 bits per heavy atom. The molecule has 4 rings (SSSR count). The highest BCUT2D eigenvalue weighted by molar-refractivity contribution is 6.06. The van der Waals surface area contributed by atoms with Crippen LogP contribution in [-0.2, 0) is 9.59 Å². The number of hydrogen-bond donors (Lipinski definition) is 0. The SMILES string of the molecule is CC12C3=CC(=O)C=C1C=CC1=CC(=O)C=C(C=C3)C12C. The molecule has 2 nitrogen and oxygen atoms in total. The van der Waals surface area contributed by atoms with E-state index in [9.17, 15) is 9.59 Å². The lowest BCUT2D eigenvalue weighted by molar-refractivity contribution is -0.111. The van der Waals surface area contributed by atoms with E-state index in [0.717, 1.165) is 22.3 Å². The van der Waals surface area contributed by atoms with E-state index in [4.69, 9.17) is 0 Å². The topological polar surface area (TPSA) is 34.1 Å². The summed E-state index contributed by atoms with van der Waals surface area (Å²) in [4.78, 5) is 23.7. The third kappa shape index (κ3) is 1.07. The maximum absolute atomic E-state index is 11.9. The van der Waals surface area contributed by atoms with E-state index in [2.05, 4.69) is 13.8 Å². The molecule has 0 fully saturated rings. The maximum Gasteiger partial charge on any atom is 0.179 e. The molecule has 0 amide bonds. The smallest absolute Gasteiger partial charge is 0.179 e. The van der Waals surface area contributed by atoms with Crippen molar-refractivity contribution in [3.8, 4) is 0 Å². The highest BCUT2D eigenvalue weighted by Crippen LogP contribution is 2.64. The molecule has 0 unspecified atom stereocenters. The Morgan fingerprint density at radius 3 is 1.10 bits per heavy atom. The molecule has 98 valence electrons. The Hall–Kier alpha value is -2.22. The van der Waals surface area contributed by atoms with E-state index in [1.54, 1.807) is 24.3 Å². The van der Waals surface area contributed by atoms with Crippen molar-refractivity contribution in [2.45, 2.75) is 13.8 Å². The van der Waals surface area contributed by atoms with Gasteiger partial charge in [0, 0.05) is 10.8 Å². The van der Waals surface area contributed by atoms with Crippen LogP contribution in [0.4, 0.5) is 0 Å². The van der Waals surface area contributed by atoms with E-state index in [0.29, 0.717) is 0 Å². The summed E-state index contributed by atoms with van der Waals surface area (Å²) >= 11 is 0. The fraction of sp³-hybridized carbons (Fsp3) is 0.222. The minimum absolute atomic E-state index is 0.0390. The van der Waals surface area contributed by atoms with Crippen LogP contribution in [0.2, 0.25) is 0 Å². The van der Waals surface area contributed by atoms with E-state index in [1.165, 1.54) is 0 Å². The minimum atomic E-state index is -0.275. The summed E-state index contributed by atoms with van der Waals surface area (Å²) in [7, 11) is 0. The Kier molecular flexibility index (Phi) is 1.89. The monoisotopic (exact) mass is 262 g/mol. The highest BCUT2D eigenvalue weighted by Gasteiger charge is 2.56. The zero-order valence-electron chi connectivity index (χ0n) is 11.4. The van der Waals surface area contributed by atoms with Crippen LogP contribution in [0.3, 0.4) is 0 Å². The molecule has 20 heavy (non-hydrogen) atoms. The molecule has 0 aliphatic heterocycles. The Morgan fingerprint density at radius 1 is 0.600 bits per heavy atom. The molecule has 2 heteroatoms. The van der Waals surface area contributed by atoms with Crippen LogP contribution in [0.25, 0.3) is 0 Å². The van der Waals surface area contributed by atoms with Crippen molar-refractivity contribution in [2.75, 3.05) is 0 Å². The van der Waals surface area contributed by atoms with Gasteiger partial charge < -0.3 is 0 Å². The van der Waals surface area contributed by atoms with Crippen LogP contribution in [0.1, 0.15) is 13.8 Å². The summed E-state index contributed by atoms with van der Waals surface area (Å²) in [5, 5.41) is 0. The fourth-order valence-corrected chi connectivity index (χ4v) is 3.98. The highest BCUT2D eigenvalue weighted by atomic mass is 16.1. The first-order valence-corrected chi connectivity index (χ1v) is 6.79. The molecule has 4 aliphatic rings. The van der Waals surface area contributed by atoms with Crippen LogP contribution in [0, 0.1) is 10.8 Å². The second-order valence-corrected chi connectivity index (χ2v) is 6.12. The molecule has 0 aromatic carbocycles. The fourth-order valence-electron chi connectivity index (χ4n) is 3.98. The second-order valence-electron chi connectivity index (χ2n) is 6.12. The van der Waals surface area contributed by atoms with Gasteiger partial charge in [0.05, 0.1) is 0 Å². The minimum Gasteiger partial charge on any atom is -0.290 e. The normalized spacial score (nSPS) is 36.9. The van der Waals surface area contributed by atoms with Crippen molar-refractivity contribution >= 4 is 11.6 Å². The molecule has 0 N–H and O–H groups in total. The molecule has 0 aromatic rings. The van der Waals surface area contributed by atoms with Crippen LogP contribution in [0.15, 0.2) is 70.9 Å². The molecule has 0 atom stereocenters. The Labute approximate surface area is 117 Å². The van der Waals surface area contributed by atoms with E-state index >= 15 is 0 Å². The summed E-state index contributed by atoms with van der Waals surface area (Å²) < 4.78 is 0. The number of ketones is 2. The Balaban J connectivity index is 2.14. The number of carbonyl (C=O) groups excluding carboxylic acids is 2. The van der Waals surface area contributed by atoms with E-state index in [-0.39, 0.29) is 22.4 Å². The summed E-state index contributed by atoms with van der Waals surface area (Å²) in [6, 6.07) is 0. The molecule has 0 saturated carbocycles. The van der Waals surface area contributed by atoms with Gasteiger partial charge in [-0.25, -0.2) is 0 Å². The van der Waals surface area contributed by atoms with Crippen LogP contribution in [0.5, 0.6) is 0 Å². The quantitative estimate of drug-likeness (QED) is 0.672. The first-order chi connectivity index (χ1) is 9.46. The molecule has 4 aliphatic carbocycles. The number of hydrogen-bond acceptors (Lipinski definition) is 2. The van der Waals surface area contributed by atoms with Crippen LogP contribution >= 0.6 is 0 Å². The first kappa shape index (κ1) is 11.6. The summed E-state index contributed by atoms with van der Waals surface area (Å²) in [6.07, 6.45) is 14.8. The lowest BCUT2D eigenvalue weighted by Crippen LogP contribution is -2.48. The number of rotatable bonds is 0. The Bertz CT molecular complexity index is 645. The third-order valence-corrected chi connectivity index (χ3v) is 5.39. The lowest BCUT2D eigenvalue weighted by atomic mass is 9.46. The van der Waals surface area contributed by atoms with Crippen molar-refractivity contribution in [3.63, 3.8) is 0 Å². The van der Waals surface area contributed by atoms with Crippen molar-refractivity contribution in [2.24, 2.45) is 10.8 Å². The van der Waals surface area contributed by atoms with Gasteiger partial charge in [-0.15, -0.1) is 0 Å². The van der Waals surface area contributed by atoms with Gasteiger partial charge in [0.1, 0.15) is 0 Å². The molecule has 0 spiro atoms. The average Bonchev–Trinajstić information content (AvgIpc) is 2.38. The van der Waals surface area contributed by atoms with Crippen molar-refractivity contribution < 1.29 is 9.59 Å². The third-order valence-electron chi connectivity index (χ3n) is 5.39. The summed E-state index contributed by atoms with van der Waals surface area (Å²) in [5.41, 5.74) is 3.58. The molecule has 0 saturated heterocycles. The summed E-state index contributed by atoms with van der Waals surface area (Å²) in [6.45, 7) is 4.34. The molecule has 0 heterocycles. The molecular weight excluding hydrogens is 248 g/mol. The van der Waals surface area contributed by atoms with Gasteiger partial charge >= 0.3 is 0 Å². The molecule has 0 radical (unpaired) electrons. The van der Waals surface area contributed by atoms with Crippen molar-refractivity contribution in [1.29, 1.82) is 0 Å². The van der Waals surface area contributed by atoms with E-state index < -0.39 is 0 Å².